The maximum absolute atomic E-state index is 8.67. The number of hydrogen-bond acceptors (Lipinski definition) is 3. The zero-order valence-corrected chi connectivity index (χ0v) is 6.83. The van der Waals surface area contributed by atoms with Crippen molar-refractivity contribution in [1.29, 1.82) is 0 Å². The van der Waals surface area contributed by atoms with Gasteiger partial charge in [-0.25, -0.2) is 0 Å². The van der Waals surface area contributed by atoms with Crippen molar-refractivity contribution in [3.8, 4) is 0 Å². The Morgan fingerprint density at radius 1 is 1.36 bits per heavy atom. The molecule has 1 aliphatic heterocycles. The Hall–Kier alpha value is -0.120. The lowest BCUT2D eigenvalue weighted by molar-refractivity contribution is -0.0532. The average molecular weight is 159 g/mol. The molecule has 1 aliphatic rings. The van der Waals surface area contributed by atoms with Crippen molar-refractivity contribution in [1.82, 2.24) is 0 Å². The zero-order valence-electron chi connectivity index (χ0n) is 6.83. The van der Waals surface area contributed by atoms with Crippen LogP contribution in [0.15, 0.2) is 0 Å². The van der Waals surface area contributed by atoms with Crippen molar-refractivity contribution in [2.24, 2.45) is 5.73 Å². The van der Waals surface area contributed by atoms with E-state index >= 15 is 0 Å². The predicted molar refractivity (Wildman–Crippen MR) is 43.3 cm³/mol. The molecule has 1 rings (SSSR count). The number of hydrogen-bond donors (Lipinski definition) is 2. The molecule has 1 fully saturated rings. The third kappa shape index (κ3) is 2.77. The number of ether oxygens (including phenoxy) is 1. The highest BCUT2D eigenvalue weighted by Crippen LogP contribution is 2.19. The van der Waals surface area contributed by atoms with E-state index in [4.69, 9.17) is 15.6 Å². The Morgan fingerprint density at radius 3 is 2.73 bits per heavy atom. The van der Waals surface area contributed by atoms with Crippen LogP contribution < -0.4 is 5.73 Å². The van der Waals surface area contributed by atoms with Crippen LogP contribution in [0.5, 0.6) is 0 Å². The molecule has 1 heterocycles. The van der Waals surface area contributed by atoms with Gasteiger partial charge in [0.1, 0.15) is 0 Å². The van der Waals surface area contributed by atoms with Crippen LogP contribution in [0.2, 0.25) is 0 Å². The van der Waals surface area contributed by atoms with E-state index in [1.807, 2.05) is 0 Å². The fraction of sp³-hybridized carbons (Fsp3) is 1.00. The standard InChI is InChI=1S/C8H17NO2/c9-6-8-3-1-2-7(11-8)4-5-10/h7-8,10H,1-6,9H2. The Bertz CT molecular complexity index is 106. The fourth-order valence-electron chi connectivity index (χ4n) is 1.51. The number of nitrogens with two attached hydrogens (primary N) is 1. The minimum Gasteiger partial charge on any atom is -0.396 e. The van der Waals surface area contributed by atoms with E-state index in [9.17, 15) is 0 Å². The van der Waals surface area contributed by atoms with E-state index in [-0.39, 0.29) is 18.8 Å². The van der Waals surface area contributed by atoms with E-state index in [0.29, 0.717) is 6.54 Å². The topological polar surface area (TPSA) is 55.5 Å². The van der Waals surface area contributed by atoms with Gasteiger partial charge in [-0.3, -0.25) is 0 Å². The SMILES string of the molecule is NCC1CCCC(CCO)O1. The van der Waals surface area contributed by atoms with Gasteiger partial charge in [0.15, 0.2) is 0 Å². The van der Waals surface area contributed by atoms with Crippen molar-refractivity contribution in [2.75, 3.05) is 13.2 Å². The Morgan fingerprint density at radius 2 is 2.09 bits per heavy atom. The second-order valence-corrected chi connectivity index (χ2v) is 3.06. The van der Waals surface area contributed by atoms with Crippen LogP contribution in [0.3, 0.4) is 0 Å². The van der Waals surface area contributed by atoms with Crippen LogP contribution >= 0.6 is 0 Å². The highest BCUT2D eigenvalue weighted by Gasteiger charge is 2.20. The second-order valence-electron chi connectivity index (χ2n) is 3.06. The smallest absolute Gasteiger partial charge is 0.0701 e. The van der Waals surface area contributed by atoms with Crippen molar-refractivity contribution < 1.29 is 9.84 Å². The molecule has 0 bridgehead atoms. The molecule has 1 saturated heterocycles. The summed E-state index contributed by atoms with van der Waals surface area (Å²) < 4.78 is 5.59. The van der Waals surface area contributed by atoms with Gasteiger partial charge in [0.2, 0.25) is 0 Å². The van der Waals surface area contributed by atoms with Crippen LogP contribution in [-0.2, 0) is 4.74 Å². The van der Waals surface area contributed by atoms with Gasteiger partial charge in [0.25, 0.3) is 0 Å². The van der Waals surface area contributed by atoms with Crippen molar-refractivity contribution in [3.63, 3.8) is 0 Å². The largest absolute Gasteiger partial charge is 0.396 e. The molecule has 0 radical (unpaired) electrons. The maximum atomic E-state index is 8.67. The molecule has 0 aromatic rings. The number of aliphatic hydroxyl groups excluding tert-OH is 1. The van der Waals surface area contributed by atoms with Crippen LogP contribution in [0, 0.1) is 0 Å². The summed E-state index contributed by atoms with van der Waals surface area (Å²) in [6.45, 7) is 0.837. The molecule has 0 aromatic heterocycles. The normalized spacial score (nSPS) is 32.2. The Labute approximate surface area is 67.5 Å². The summed E-state index contributed by atoms with van der Waals surface area (Å²) >= 11 is 0. The van der Waals surface area contributed by atoms with Gasteiger partial charge in [0, 0.05) is 13.2 Å². The van der Waals surface area contributed by atoms with E-state index < -0.39 is 0 Å². The highest BCUT2D eigenvalue weighted by molar-refractivity contribution is 4.71. The minimum atomic E-state index is 0.224. The molecule has 11 heavy (non-hydrogen) atoms. The highest BCUT2D eigenvalue weighted by atomic mass is 16.5. The van der Waals surface area contributed by atoms with Gasteiger partial charge in [-0.15, -0.1) is 0 Å². The van der Waals surface area contributed by atoms with Crippen LogP contribution in [-0.4, -0.2) is 30.5 Å². The van der Waals surface area contributed by atoms with Crippen LogP contribution in [0.1, 0.15) is 25.7 Å². The summed E-state index contributed by atoms with van der Waals surface area (Å²) in [5.74, 6) is 0. The van der Waals surface area contributed by atoms with Crippen molar-refractivity contribution in [3.05, 3.63) is 0 Å². The quantitative estimate of drug-likeness (QED) is 0.621. The number of rotatable bonds is 3. The summed E-state index contributed by atoms with van der Waals surface area (Å²) in [6, 6.07) is 0. The van der Waals surface area contributed by atoms with Gasteiger partial charge in [-0.1, -0.05) is 0 Å². The monoisotopic (exact) mass is 159 g/mol. The summed E-state index contributed by atoms with van der Waals surface area (Å²) in [7, 11) is 0. The molecule has 0 spiro atoms. The molecular formula is C8H17NO2. The Kier molecular flexibility index (Phi) is 3.83. The maximum Gasteiger partial charge on any atom is 0.0701 e. The lowest BCUT2D eigenvalue weighted by atomic mass is 10.0. The lowest BCUT2D eigenvalue weighted by Gasteiger charge is -2.28. The summed E-state index contributed by atoms with van der Waals surface area (Å²) in [4.78, 5) is 0. The molecule has 2 atom stereocenters. The molecule has 3 N–H and O–H groups in total. The van der Waals surface area contributed by atoms with Gasteiger partial charge < -0.3 is 15.6 Å². The van der Waals surface area contributed by atoms with Gasteiger partial charge >= 0.3 is 0 Å². The second kappa shape index (κ2) is 4.70. The van der Waals surface area contributed by atoms with Gasteiger partial charge in [-0.2, -0.15) is 0 Å². The molecular weight excluding hydrogens is 142 g/mol. The molecule has 0 aliphatic carbocycles. The van der Waals surface area contributed by atoms with E-state index in [2.05, 4.69) is 0 Å². The first kappa shape index (κ1) is 8.97. The van der Waals surface area contributed by atoms with Crippen molar-refractivity contribution >= 4 is 0 Å². The minimum absolute atomic E-state index is 0.224. The third-order valence-corrected chi connectivity index (χ3v) is 2.15. The lowest BCUT2D eigenvalue weighted by Crippen LogP contribution is -2.33. The molecule has 3 heteroatoms. The summed E-state index contributed by atoms with van der Waals surface area (Å²) in [5.41, 5.74) is 5.47. The van der Waals surface area contributed by atoms with Crippen molar-refractivity contribution in [2.45, 2.75) is 37.9 Å². The zero-order chi connectivity index (χ0) is 8.10. The van der Waals surface area contributed by atoms with E-state index in [0.717, 1.165) is 19.3 Å². The molecule has 0 saturated carbocycles. The predicted octanol–water partition coefficient (Wildman–Crippen LogP) is 0.265. The van der Waals surface area contributed by atoms with Crippen LogP contribution in [0.4, 0.5) is 0 Å². The number of aliphatic hydroxyl groups is 1. The molecule has 0 aromatic carbocycles. The first-order chi connectivity index (χ1) is 5.36. The first-order valence-corrected chi connectivity index (χ1v) is 4.33. The molecule has 66 valence electrons. The van der Waals surface area contributed by atoms with E-state index in [1.165, 1.54) is 6.42 Å². The fourth-order valence-corrected chi connectivity index (χ4v) is 1.51. The first-order valence-electron chi connectivity index (χ1n) is 4.33. The average Bonchev–Trinajstić information content (AvgIpc) is 2.06. The van der Waals surface area contributed by atoms with Crippen LogP contribution in [0.25, 0.3) is 0 Å². The summed E-state index contributed by atoms with van der Waals surface area (Å²) in [5, 5.41) is 8.67. The van der Waals surface area contributed by atoms with Gasteiger partial charge in [0.05, 0.1) is 12.2 Å². The third-order valence-electron chi connectivity index (χ3n) is 2.15. The molecule has 0 amide bonds. The molecule has 2 unspecified atom stereocenters. The van der Waals surface area contributed by atoms with Gasteiger partial charge in [-0.05, 0) is 25.7 Å². The molecule has 3 nitrogen and oxygen atoms in total. The Balaban J connectivity index is 2.21. The summed E-state index contributed by atoms with van der Waals surface area (Å²) in [6.07, 6.45) is 4.60. The van der Waals surface area contributed by atoms with E-state index in [1.54, 1.807) is 0 Å².